The summed E-state index contributed by atoms with van der Waals surface area (Å²) in [6.45, 7) is 4.24. The largest absolute Gasteiger partial charge is 0.342 e. The highest BCUT2D eigenvalue weighted by molar-refractivity contribution is 5.86. The smallest absolute Gasteiger partial charge is 0.111 e. The van der Waals surface area contributed by atoms with Gasteiger partial charge in [0.2, 0.25) is 0 Å². The zero-order valence-corrected chi connectivity index (χ0v) is 19.4. The minimum Gasteiger partial charge on any atom is -0.342 e. The Morgan fingerprint density at radius 1 is 0.559 bits per heavy atom. The number of hydrogen-bond acceptors (Lipinski definition) is 2. The third-order valence-electron chi connectivity index (χ3n) is 6.30. The van der Waals surface area contributed by atoms with Gasteiger partial charge in [-0.1, -0.05) is 71.8 Å². The molecule has 2 heterocycles. The first-order chi connectivity index (χ1) is 16.6. The fraction of sp³-hybridized carbons (Fsp3) is 0.133. The second-order valence-electron chi connectivity index (χ2n) is 9.16. The Balaban J connectivity index is 1.28. The molecule has 4 aromatic carbocycles. The SMILES string of the molecule is Cc1cccc(Cc2nc3ccc(-c4ccc5nc(Cc6cccc(C)c6)[nH]c5c4)cc3[nH]2)c1. The molecule has 6 rings (SSSR count). The van der Waals surface area contributed by atoms with E-state index in [2.05, 4.69) is 109 Å². The average molecular weight is 443 g/mol. The lowest BCUT2D eigenvalue weighted by atomic mass is 10.0. The molecule has 0 radical (unpaired) electrons. The molecule has 0 unspecified atom stereocenters. The number of fused-ring (bicyclic) bond motifs is 2. The van der Waals surface area contributed by atoms with Gasteiger partial charge in [-0.3, -0.25) is 0 Å². The number of rotatable bonds is 5. The lowest BCUT2D eigenvalue weighted by Crippen LogP contribution is -1.90. The Kier molecular flexibility index (Phi) is 4.99. The molecule has 6 aromatic rings. The van der Waals surface area contributed by atoms with Crippen LogP contribution in [0.25, 0.3) is 33.2 Å². The van der Waals surface area contributed by atoms with Crippen LogP contribution in [0, 0.1) is 13.8 Å². The molecule has 0 fully saturated rings. The van der Waals surface area contributed by atoms with Gasteiger partial charge in [0.05, 0.1) is 22.1 Å². The van der Waals surface area contributed by atoms with Crippen molar-refractivity contribution in [2.24, 2.45) is 0 Å². The van der Waals surface area contributed by atoms with Crippen LogP contribution < -0.4 is 0 Å². The van der Waals surface area contributed by atoms with Crippen LogP contribution in [0.2, 0.25) is 0 Å². The van der Waals surface area contributed by atoms with Crippen molar-refractivity contribution in [3.05, 3.63) is 119 Å². The van der Waals surface area contributed by atoms with E-state index in [1.807, 2.05) is 0 Å². The first-order valence-corrected chi connectivity index (χ1v) is 11.7. The van der Waals surface area contributed by atoms with Gasteiger partial charge in [0.15, 0.2) is 0 Å². The first kappa shape index (κ1) is 20.4. The van der Waals surface area contributed by atoms with Crippen molar-refractivity contribution in [1.29, 1.82) is 0 Å². The summed E-state index contributed by atoms with van der Waals surface area (Å²) < 4.78 is 0. The predicted molar refractivity (Wildman–Crippen MR) is 139 cm³/mol. The van der Waals surface area contributed by atoms with Crippen molar-refractivity contribution < 1.29 is 0 Å². The van der Waals surface area contributed by atoms with Gasteiger partial charge in [-0.25, -0.2) is 9.97 Å². The molecule has 34 heavy (non-hydrogen) atoms. The van der Waals surface area contributed by atoms with Crippen LogP contribution >= 0.6 is 0 Å². The Hall–Kier alpha value is -4.18. The summed E-state index contributed by atoms with van der Waals surface area (Å²) in [5, 5.41) is 0. The molecule has 0 aliphatic heterocycles. The van der Waals surface area contributed by atoms with Crippen molar-refractivity contribution in [2.75, 3.05) is 0 Å². The molecular weight excluding hydrogens is 416 g/mol. The average Bonchev–Trinajstić information content (AvgIpc) is 3.40. The van der Waals surface area contributed by atoms with E-state index in [9.17, 15) is 0 Å². The van der Waals surface area contributed by atoms with Gasteiger partial charge < -0.3 is 9.97 Å². The Morgan fingerprint density at radius 2 is 1.03 bits per heavy atom. The van der Waals surface area contributed by atoms with Crippen LogP contribution in [0.3, 0.4) is 0 Å². The lowest BCUT2D eigenvalue weighted by Gasteiger charge is -2.02. The molecule has 166 valence electrons. The number of aryl methyl sites for hydroxylation is 2. The molecule has 0 spiro atoms. The van der Waals surface area contributed by atoms with Crippen LogP contribution in [0.4, 0.5) is 0 Å². The maximum atomic E-state index is 4.80. The fourth-order valence-corrected chi connectivity index (χ4v) is 4.68. The van der Waals surface area contributed by atoms with E-state index in [4.69, 9.17) is 9.97 Å². The van der Waals surface area contributed by atoms with E-state index in [-0.39, 0.29) is 0 Å². The van der Waals surface area contributed by atoms with E-state index in [1.165, 1.54) is 22.3 Å². The third kappa shape index (κ3) is 4.11. The van der Waals surface area contributed by atoms with Gasteiger partial charge >= 0.3 is 0 Å². The lowest BCUT2D eigenvalue weighted by molar-refractivity contribution is 1.04. The summed E-state index contributed by atoms with van der Waals surface area (Å²) in [4.78, 5) is 16.6. The molecule has 0 amide bonds. The molecule has 0 saturated carbocycles. The van der Waals surface area contributed by atoms with Crippen molar-refractivity contribution in [3.63, 3.8) is 0 Å². The molecule has 0 aliphatic rings. The van der Waals surface area contributed by atoms with Crippen LogP contribution in [0.1, 0.15) is 33.9 Å². The highest BCUT2D eigenvalue weighted by Gasteiger charge is 2.09. The molecule has 0 aliphatic carbocycles. The number of aromatic nitrogens is 4. The number of nitrogens with zero attached hydrogens (tertiary/aromatic N) is 2. The summed E-state index contributed by atoms with van der Waals surface area (Å²) in [6, 6.07) is 30.0. The van der Waals surface area contributed by atoms with Crippen LogP contribution in [-0.2, 0) is 12.8 Å². The second-order valence-corrected chi connectivity index (χ2v) is 9.16. The highest BCUT2D eigenvalue weighted by atomic mass is 14.9. The topological polar surface area (TPSA) is 57.4 Å². The minimum absolute atomic E-state index is 0.801. The second kappa shape index (κ2) is 8.31. The monoisotopic (exact) mass is 442 g/mol. The number of hydrogen-bond donors (Lipinski definition) is 2. The van der Waals surface area contributed by atoms with E-state index in [0.717, 1.165) is 57.7 Å². The quantitative estimate of drug-likeness (QED) is 0.305. The van der Waals surface area contributed by atoms with Crippen molar-refractivity contribution in [3.8, 4) is 11.1 Å². The Labute approximate surface area is 198 Å². The predicted octanol–water partition coefficient (Wildman–Crippen LogP) is 6.90. The number of H-pyrrole nitrogens is 2. The van der Waals surface area contributed by atoms with E-state index < -0.39 is 0 Å². The van der Waals surface area contributed by atoms with Gasteiger partial charge in [0.25, 0.3) is 0 Å². The normalized spacial score (nSPS) is 11.5. The summed E-state index contributed by atoms with van der Waals surface area (Å²) in [5.41, 5.74) is 11.5. The zero-order chi connectivity index (χ0) is 23.1. The highest BCUT2D eigenvalue weighted by Crippen LogP contribution is 2.27. The molecule has 2 N–H and O–H groups in total. The van der Waals surface area contributed by atoms with E-state index in [1.54, 1.807) is 0 Å². The maximum absolute atomic E-state index is 4.80. The minimum atomic E-state index is 0.801. The molecule has 2 aromatic heterocycles. The Morgan fingerprint density at radius 3 is 1.47 bits per heavy atom. The maximum Gasteiger partial charge on any atom is 0.111 e. The summed E-state index contributed by atoms with van der Waals surface area (Å²) in [6.07, 6.45) is 1.60. The van der Waals surface area contributed by atoms with Crippen molar-refractivity contribution >= 4 is 22.1 Å². The van der Waals surface area contributed by atoms with Gasteiger partial charge in [-0.2, -0.15) is 0 Å². The standard InChI is InChI=1S/C30H26N4/c1-19-5-3-7-21(13-19)15-29-31-25-11-9-23(17-27(25)33-29)24-10-12-26-28(18-24)34-30(32-26)16-22-8-4-6-20(2)14-22/h3-14,17-18H,15-16H2,1-2H3,(H,31,33)(H,32,34). The third-order valence-corrected chi connectivity index (χ3v) is 6.30. The number of nitrogens with one attached hydrogen (secondary N) is 2. The molecule has 0 bridgehead atoms. The molecule has 4 heteroatoms. The first-order valence-electron chi connectivity index (χ1n) is 11.7. The molecule has 4 nitrogen and oxygen atoms in total. The number of benzene rings is 4. The van der Waals surface area contributed by atoms with Gasteiger partial charge in [0.1, 0.15) is 11.6 Å². The van der Waals surface area contributed by atoms with Crippen molar-refractivity contribution in [2.45, 2.75) is 26.7 Å². The Bertz CT molecular complexity index is 1510. The van der Waals surface area contributed by atoms with Crippen molar-refractivity contribution in [1.82, 2.24) is 19.9 Å². The fourth-order valence-electron chi connectivity index (χ4n) is 4.68. The summed E-state index contributed by atoms with van der Waals surface area (Å²) in [7, 11) is 0. The molecular formula is C30H26N4. The van der Waals surface area contributed by atoms with E-state index >= 15 is 0 Å². The summed E-state index contributed by atoms with van der Waals surface area (Å²) in [5.74, 6) is 1.98. The summed E-state index contributed by atoms with van der Waals surface area (Å²) >= 11 is 0. The molecule has 0 atom stereocenters. The van der Waals surface area contributed by atoms with Gasteiger partial charge in [-0.15, -0.1) is 0 Å². The zero-order valence-electron chi connectivity index (χ0n) is 19.4. The van der Waals surface area contributed by atoms with Gasteiger partial charge in [0, 0.05) is 12.8 Å². The number of imidazole rings is 2. The van der Waals surface area contributed by atoms with Crippen LogP contribution in [0.5, 0.6) is 0 Å². The number of aromatic amines is 2. The van der Waals surface area contributed by atoms with Crippen LogP contribution in [-0.4, -0.2) is 19.9 Å². The van der Waals surface area contributed by atoms with E-state index in [0.29, 0.717) is 0 Å². The van der Waals surface area contributed by atoms with Gasteiger partial charge in [-0.05, 0) is 60.4 Å². The molecule has 0 saturated heterocycles. The van der Waals surface area contributed by atoms with Crippen LogP contribution in [0.15, 0.2) is 84.9 Å².